The Morgan fingerprint density at radius 3 is 2.56 bits per heavy atom. The average Bonchev–Trinajstić information content (AvgIpc) is 2.30. The Morgan fingerprint density at radius 1 is 1.19 bits per heavy atom. The molecule has 1 heterocycles. The van der Waals surface area contributed by atoms with Crippen LogP contribution in [0.5, 0.6) is 5.75 Å². The lowest BCUT2D eigenvalue weighted by Gasteiger charge is -2.15. The maximum absolute atomic E-state index is 9.15. The standard InChI is InChI=1S/C14H15NO/c1-15-10-8-13(9-11-15)3-2-12-4-6-14(16)7-5-12/h2-10,16H,11H2,1H3. The number of hydrogen-bond donors (Lipinski definition) is 1. The minimum Gasteiger partial charge on any atom is -0.508 e. The molecular weight excluding hydrogens is 198 g/mol. The zero-order valence-corrected chi connectivity index (χ0v) is 9.30. The van der Waals surface area contributed by atoms with Gasteiger partial charge in [-0.25, -0.2) is 0 Å². The second kappa shape index (κ2) is 4.71. The van der Waals surface area contributed by atoms with Gasteiger partial charge in [0.2, 0.25) is 0 Å². The second-order valence-corrected chi connectivity index (χ2v) is 3.88. The largest absolute Gasteiger partial charge is 0.508 e. The summed E-state index contributed by atoms with van der Waals surface area (Å²) >= 11 is 0. The summed E-state index contributed by atoms with van der Waals surface area (Å²) in [7, 11) is 2.05. The highest BCUT2D eigenvalue weighted by molar-refractivity contribution is 5.55. The molecular formula is C14H15NO. The Bertz CT molecular complexity index is 440. The fourth-order valence-corrected chi connectivity index (χ4v) is 1.49. The molecule has 0 radical (unpaired) electrons. The molecule has 0 aliphatic carbocycles. The van der Waals surface area contributed by atoms with Crippen molar-refractivity contribution in [2.24, 2.45) is 0 Å². The Hall–Kier alpha value is -1.96. The van der Waals surface area contributed by atoms with Crippen LogP contribution in [-0.4, -0.2) is 23.6 Å². The van der Waals surface area contributed by atoms with E-state index in [4.69, 9.17) is 5.11 Å². The maximum Gasteiger partial charge on any atom is 0.115 e. The topological polar surface area (TPSA) is 23.5 Å². The number of likely N-dealkylation sites (N-methyl/N-ethyl adjacent to an activating group) is 1. The molecule has 0 saturated heterocycles. The molecule has 2 nitrogen and oxygen atoms in total. The van der Waals surface area contributed by atoms with Gasteiger partial charge in [0.25, 0.3) is 0 Å². The summed E-state index contributed by atoms with van der Waals surface area (Å²) in [5.74, 6) is 0.301. The Labute approximate surface area is 95.8 Å². The van der Waals surface area contributed by atoms with E-state index in [-0.39, 0.29) is 0 Å². The molecule has 0 fully saturated rings. The summed E-state index contributed by atoms with van der Waals surface area (Å²) in [4.78, 5) is 2.12. The van der Waals surface area contributed by atoms with Gasteiger partial charge in [-0.1, -0.05) is 30.4 Å². The number of allylic oxidation sites excluding steroid dienone is 3. The van der Waals surface area contributed by atoms with Crippen LogP contribution in [0.25, 0.3) is 6.08 Å². The van der Waals surface area contributed by atoms with Crippen molar-refractivity contribution < 1.29 is 5.11 Å². The van der Waals surface area contributed by atoms with Gasteiger partial charge in [-0.2, -0.15) is 0 Å². The Morgan fingerprint density at radius 2 is 1.94 bits per heavy atom. The van der Waals surface area contributed by atoms with Crippen molar-refractivity contribution in [1.82, 2.24) is 4.90 Å². The fourth-order valence-electron chi connectivity index (χ4n) is 1.49. The van der Waals surface area contributed by atoms with Crippen LogP contribution >= 0.6 is 0 Å². The number of aromatic hydroxyl groups is 1. The predicted molar refractivity (Wildman–Crippen MR) is 67.0 cm³/mol. The molecule has 0 atom stereocenters. The number of benzene rings is 1. The second-order valence-electron chi connectivity index (χ2n) is 3.88. The first-order valence-electron chi connectivity index (χ1n) is 5.30. The van der Waals surface area contributed by atoms with Crippen molar-refractivity contribution in [1.29, 1.82) is 0 Å². The summed E-state index contributed by atoms with van der Waals surface area (Å²) < 4.78 is 0. The summed E-state index contributed by atoms with van der Waals surface area (Å²) in [6.07, 6.45) is 10.4. The van der Waals surface area contributed by atoms with Crippen molar-refractivity contribution in [3.8, 4) is 5.75 Å². The van der Waals surface area contributed by atoms with Crippen molar-refractivity contribution in [3.63, 3.8) is 0 Å². The molecule has 82 valence electrons. The fraction of sp³-hybridized carbons (Fsp3) is 0.143. The summed E-state index contributed by atoms with van der Waals surface area (Å²) in [5.41, 5.74) is 2.30. The summed E-state index contributed by atoms with van der Waals surface area (Å²) in [5, 5.41) is 9.15. The molecule has 1 aromatic carbocycles. The van der Waals surface area contributed by atoms with E-state index in [1.165, 1.54) is 5.57 Å². The molecule has 1 aromatic rings. The van der Waals surface area contributed by atoms with Crippen LogP contribution in [0.1, 0.15) is 5.56 Å². The van der Waals surface area contributed by atoms with Crippen LogP contribution < -0.4 is 0 Å². The molecule has 2 heteroatoms. The lowest BCUT2D eigenvalue weighted by atomic mass is 10.1. The van der Waals surface area contributed by atoms with E-state index in [9.17, 15) is 0 Å². The molecule has 1 N–H and O–H groups in total. The predicted octanol–water partition coefficient (Wildman–Crippen LogP) is 2.79. The number of phenols is 1. The van der Waals surface area contributed by atoms with Crippen LogP contribution in [0.15, 0.2) is 54.3 Å². The normalized spacial score (nSPS) is 15.6. The molecule has 0 amide bonds. The van der Waals surface area contributed by atoms with E-state index in [2.05, 4.69) is 29.3 Å². The highest BCUT2D eigenvalue weighted by Gasteiger charge is 1.96. The van der Waals surface area contributed by atoms with E-state index in [0.29, 0.717) is 5.75 Å². The van der Waals surface area contributed by atoms with Gasteiger partial charge in [0, 0.05) is 13.6 Å². The number of phenolic OH excluding ortho intramolecular Hbond substituents is 1. The molecule has 2 rings (SSSR count). The van der Waals surface area contributed by atoms with Crippen molar-refractivity contribution >= 4 is 6.08 Å². The van der Waals surface area contributed by atoms with E-state index in [0.717, 1.165) is 12.1 Å². The lowest BCUT2D eigenvalue weighted by Crippen LogP contribution is -2.12. The van der Waals surface area contributed by atoms with Crippen molar-refractivity contribution in [2.45, 2.75) is 0 Å². The van der Waals surface area contributed by atoms with Gasteiger partial charge in [0.15, 0.2) is 0 Å². The van der Waals surface area contributed by atoms with Crippen LogP contribution in [0.4, 0.5) is 0 Å². The Balaban J connectivity index is 2.05. The molecule has 1 aliphatic heterocycles. The van der Waals surface area contributed by atoms with Crippen LogP contribution in [0, 0.1) is 0 Å². The number of rotatable bonds is 2. The minimum absolute atomic E-state index is 0.301. The quantitative estimate of drug-likeness (QED) is 0.816. The molecule has 0 unspecified atom stereocenters. The average molecular weight is 213 g/mol. The Kier molecular flexibility index (Phi) is 3.10. The van der Waals surface area contributed by atoms with E-state index >= 15 is 0 Å². The summed E-state index contributed by atoms with van der Waals surface area (Å²) in [6, 6.07) is 7.17. The first kappa shape index (κ1) is 10.6. The van der Waals surface area contributed by atoms with Gasteiger partial charge in [-0.3, -0.25) is 0 Å². The third-order valence-corrected chi connectivity index (χ3v) is 2.50. The molecule has 16 heavy (non-hydrogen) atoms. The third-order valence-electron chi connectivity index (χ3n) is 2.50. The highest BCUT2D eigenvalue weighted by Crippen LogP contribution is 2.13. The van der Waals surface area contributed by atoms with Gasteiger partial charge < -0.3 is 10.0 Å². The van der Waals surface area contributed by atoms with Crippen LogP contribution in [-0.2, 0) is 0 Å². The zero-order chi connectivity index (χ0) is 11.4. The number of hydrogen-bond acceptors (Lipinski definition) is 2. The van der Waals surface area contributed by atoms with E-state index in [1.54, 1.807) is 12.1 Å². The lowest BCUT2D eigenvalue weighted by molar-refractivity contribution is 0.475. The van der Waals surface area contributed by atoms with Crippen LogP contribution in [0.2, 0.25) is 0 Å². The monoisotopic (exact) mass is 213 g/mol. The highest BCUT2D eigenvalue weighted by atomic mass is 16.3. The SMILES string of the molecule is CN1C=CC(C=Cc2ccc(O)cc2)=CC1. The van der Waals surface area contributed by atoms with Gasteiger partial charge in [0.1, 0.15) is 5.75 Å². The van der Waals surface area contributed by atoms with Crippen molar-refractivity contribution in [3.05, 3.63) is 59.8 Å². The van der Waals surface area contributed by atoms with Gasteiger partial charge >= 0.3 is 0 Å². The first-order chi connectivity index (χ1) is 7.74. The smallest absolute Gasteiger partial charge is 0.115 e. The molecule has 0 saturated carbocycles. The van der Waals surface area contributed by atoms with Crippen LogP contribution in [0.3, 0.4) is 0 Å². The van der Waals surface area contributed by atoms with Crippen molar-refractivity contribution in [2.75, 3.05) is 13.6 Å². The molecule has 0 aromatic heterocycles. The van der Waals surface area contributed by atoms with E-state index in [1.807, 2.05) is 25.3 Å². The van der Waals surface area contributed by atoms with Gasteiger partial charge in [-0.15, -0.1) is 0 Å². The number of nitrogens with zero attached hydrogens (tertiary/aromatic N) is 1. The molecule has 1 aliphatic rings. The zero-order valence-electron chi connectivity index (χ0n) is 9.30. The third kappa shape index (κ3) is 2.76. The van der Waals surface area contributed by atoms with Gasteiger partial charge in [-0.05, 0) is 35.5 Å². The molecule has 0 spiro atoms. The first-order valence-corrected chi connectivity index (χ1v) is 5.30. The maximum atomic E-state index is 9.15. The molecule has 0 bridgehead atoms. The minimum atomic E-state index is 0.301. The van der Waals surface area contributed by atoms with Gasteiger partial charge in [0.05, 0.1) is 0 Å². The summed E-state index contributed by atoms with van der Waals surface area (Å²) in [6.45, 7) is 0.950. The van der Waals surface area contributed by atoms with E-state index < -0.39 is 0 Å².